The molecular weight excluding hydrogens is 451 g/mol. The third-order valence-electron chi connectivity index (χ3n) is 6.64. The van der Waals surface area contributed by atoms with Crippen molar-refractivity contribution >= 4 is 11.8 Å². The molecule has 198 valence electrons. The van der Waals surface area contributed by atoms with Crippen molar-refractivity contribution in [1.82, 2.24) is 14.5 Å². The van der Waals surface area contributed by atoms with Crippen molar-refractivity contribution in [1.29, 1.82) is 0 Å². The first-order valence-electron chi connectivity index (χ1n) is 14.0. The van der Waals surface area contributed by atoms with Crippen LogP contribution in [0.5, 0.6) is 0 Å². The van der Waals surface area contributed by atoms with Gasteiger partial charge in [0.1, 0.15) is 11.6 Å². The molecule has 0 bridgehead atoms. The fourth-order valence-corrected chi connectivity index (χ4v) is 4.95. The summed E-state index contributed by atoms with van der Waals surface area (Å²) in [6.07, 6.45) is 9.08. The normalized spacial score (nSPS) is 16.4. The predicted octanol–water partition coefficient (Wildman–Crippen LogP) is 6.79. The molecule has 1 aromatic heterocycles. The van der Waals surface area contributed by atoms with Crippen LogP contribution < -0.4 is 5.56 Å². The minimum Gasteiger partial charge on any atom is -0.377 e. The smallest absolute Gasteiger partial charge is 0.261 e. The fraction of sp³-hybridized carbons (Fsp3) is 0.567. The van der Waals surface area contributed by atoms with Gasteiger partial charge in [0, 0.05) is 43.2 Å². The Labute approximate surface area is 217 Å². The summed E-state index contributed by atoms with van der Waals surface area (Å²) in [5.41, 5.74) is 4.88. The van der Waals surface area contributed by atoms with Crippen LogP contribution in [-0.4, -0.2) is 33.3 Å². The van der Waals surface area contributed by atoms with Crippen molar-refractivity contribution in [2.24, 2.45) is 10.9 Å². The minimum atomic E-state index is -0.187. The summed E-state index contributed by atoms with van der Waals surface area (Å²) in [5.74, 6) is 1.16. The number of aryl methyl sites for hydroxylation is 2. The van der Waals surface area contributed by atoms with Crippen LogP contribution in [0.2, 0.25) is 0 Å². The number of aliphatic imine (C=N–C) groups is 1. The van der Waals surface area contributed by atoms with Gasteiger partial charge in [-0.1, -0.05) is 41.5 Å². The topological polar surface area (TPSA) is 50.5 Å². The molecular formula is C30H45FN4O. The van der Waals surface area contributed by atoms with Gasteiger partial charge in [0.05, 0.1) is 17.8 Å². The van der Waals surface area contributed by atoms with Gasteiger partial charge in [-0.3, -0.25) is 14.4 Å². The number of halogens is 1. The first kappa shape index (κ1) is 29.5. The van der Waals surface area contributed by atoms with Crippen molar-refractivity contribution in [2.75, 3.05) is 13.1 Å². The van der Waals surface area contributed by atoms with Gasteiger partial charge in [-0.05, 0) is 68.6 Å². The second-order valence-corrected chi connectivity index (χ2v) is 8.57. The van der Waals surface area contributed by atoms with E-state index in [0.717, 1.165) is 80.1 Å². The molecule has 0 spiro atoms. The highest BCUT2D eigenvalue weighted by molar-refractivity contribution is 6.05. The van der Waals surface area contributed by atoms with E-state index in [-0.39, 0.29) is 11.4 Å². The monoisotopic (exact) mass is 496 g/mol. The van der Waals surface area contributed by atoms with Crippen LogP contribution in [-0.2, 0) is 19.5 Å². The molecule has 0 N–H and O–H groups in total. The zero-order valence-corrected chi connectivity index (χ0v) is 23.4. The molecule has 0 radical (unpaired) electrons. The average molecular weight is 497 g/mol. The molecule has 5 rings (SSSR count). The van der Waals surface area contributed by atoms with Gasteiger partial charge in [0.25, 0.3) is 5.56 Å². The summed E-state index contributed by atoms with van der Waals surface area (Å²) >= 11 is 0. The minimum absolute atomic E-state index is 0.0903. The number of nitrogens with zero attached hydrogens (tertiary/aromatic N) is 4. The SMILES string of the molecule is CC.CC.CC.Cc1nc2n(c(=O)c1/C=C/N1CCC(C3=NCc4cc(F)ccc43)CC1)CCCC2. The van der Waals surface area contributed by atoms with Crippen molar-refractivity contribution in [3.63, 3.8) is 0 Å². The quantitative estimate of drug-likeness (QED) is 0.470. The van der Waals surface area contributed by atoms with E-state index in [1.165, 1.54) is 6.07 Å². The van der Waals surface area contributed by atoms with Gasteiger partial charge in [0.2, 0.25) is 0 Å². The molecule has 2 aromatic rings. The van der Waals surface area contributed by atoms with Crippen LogP contribution in [0.15, 0.2) is 34.2 Å². The maximum atomic E-state index is 13.5. The maximum Gasteiger partial charge on any atom is 0.261 e. The van der Waals surface area contributed by atoms with E-state index in [1.54, 1.807) is 6.07 Å². The summed E-state index contributed by atoms with van der Waals surface area (Å²) in [7, 11) is 0. The van der Waals surface area contributed by atoms with Crippen molar-refractivity contribution in [3.8, 4) is 0 Å². The largest absolute Gasteiger partial charge is 0.377 e. The van der Waals surface area contributed by atoms with E-state index in [9.17, 15) is 9.18 Å². The highest BCUT2D eigenvalue weighted by atomic mass is 19.1. The van der Waals surface area contributed by atoms with Crippen LogP contribution in [0.4, 0.5) is 4.39 Å². The summed E-state index contributed by atoms with van der Waals surface area (Å²) in [6, 6.07) is 5.02. The van der Waals surface area contributed by atoms with E-state index >= 15 is 0 Å². The molecule has 0 atom stereocenters. The first-order valence-corrected chi connectivity index (χ1v) is 14.0. The molecule has 3 aliphatic rings. The third kappa shape index (κ3) is 6.71. The molecule has 6 heteroatoms. The number of rotatable bonds is 3. The Morgan fingerprint density at radius 2 is 1.69 bits per heavy atom. The van der Waals surface area contributed by atoms with Gasteiger partial charge < -0.3 is 4.90 Å². The molecule has 36 heavy (non-hydrogen) atoms. The zero-order valence-electron chi connectivity index (χ0n) is 23.4. The zero-order chi connectivity index (χ0) is 26.7. The Hall–Kier alpha value is -2.76. The highest BCUT2D eigenvalue weighted by Crippen LogP contribution is 2.29. The second-order valence-electron chi connectivity index (χ2n) is 8.57. The number of benzene rings is 1. The van der Waals surface area contributed by atoms with Crippen LogP contribution in [0, 0.1) is 18.7 Å². The van der Waals surface area contributed by atoms with E-state index in [1.807, 2.05) is 65.2 Å². The van der Waals surface area contributed by atoms with Crippen LogP contribution in [0.1, 0.15) is 95.4 Å². The van der Waals surface area contributed by atoms with E-state index in [4.69, 9.17) is 4.99 Å². The summed E-state index contributed by atoms with van der Waals surface area (Å²) < 4.78 is 15.3. The summed E-state index contributed by atoms with van der Waals surface area (Å²) in [4.78, 5) is 24.6. The Kier molecular flexibility index (Phi) is 12.0. The van der Waals surface area contributed by atoms with Crippen LogP contribution >= 0.6 is 0 Å². The fourth-order valence-electron chi connectivity index (χ4n) is 4.95. The van der Waals surface area contributed by atoms with Crippen LogP contribution in [0.3, 0.4) is 0 Å². The molecule has 1 fully saturated rings. The van der Waals surface area contributed by atoms with Gasteiger partial charge in [-0.2, -0.15) is 0 Å². The van der Waals surface area contributed by atoms with Gasteiger partial charge in [-0.25, -0.2) is 9.37 Å². The molecule has 0 amide bonds. The van der Waals surface area contributed by atoms with Crippen molar-refractivity contribution in [3.05, 3.63) is 68.8 Å². The summed E-state index contributed by atoms with van der Waals surface area (Å²) in [6.45, 7) is 17.2. The Morgan fingerprint density at radius 1 is 1.00 bits per heavy atom. The van der Waals surface area contributed by atoms with E-state index in [0.29, 0.717) is 18.0 Å². The number of piperidine rings is 1. The Bertz CT molecular complexity index is 1090. The van der Waals surface area contributed by atoms with E-state index in [2.05, 4.69) is 16.1 Å². The number of likely N-dealkylation sites (tertiary alicyclic amines) is 1. The molecule has 0 saturated carbocycles. The van der Waals surface area contributed by atoms with Crippen molar-refractivity contribution < 1.29 is 4.39 Å². The maximum absolute atomic E-state index is 13.5. The highest BCUT2D eigenvalue weighted by Gasteiger charge is 2.27. The lowest BCUT2D eigenvalue weighted by molar-refractivity contribution is 0.282. The molecule has 0 aliphatic carbocycles. The molecule has 5 nitrogen and oxygen atoms in total. The van der Waals surface area contributed by atoms with Gasteiger partial charge in [0.15, 0.2) is 0 Å². The van der Waals surface area contributed by atoms with Gasteiger partial charge >= 0.3 is 0 Å². The predicted molar refractivity (Wildman–Crippen MR) is 150 cm³/mol. The standard InChI is InChI=1S/C24H27FN4O.3C2H6/c1-16-20(24(30)29-10-3-2-4-22(29)27-16)9-13-28-11-7-17(8-12-28)23-21-6-5-19(25)14-18(21)15-26-23;3*1-2/h5-6,9,13-14,17H,2-4,7-8,10-12,15H2,1H3;3*1-2H3/b13-9+;;;. The van der Waals surface area contributed by atoms with E-state index < -0.39 is 0 Å². The number of aromatic nitrogens is 2. The lowest BCUT2D eigenvalue weighted by atomic mass is 9.88. The molecule has 4 heterocycles. The molecule has 1 saturated heterocycles. The van der Waals surface area contributed by atoms with Gasteiger partial charge in [-0.15, -0.1) is 0 Å². The van der Waals surface area contributed by atoms with Crippen molar-refractivity contribution in [2.45, 2.75) is 93.7 Å². The lowest BCUT2D eigenvalue weighted by Crippen LogP contribution is -2.33. The molecule has 1 aromatic carbocycles. The Morgan fingerprint density at radius 3 is 2.39 bits per heavy atom. The first-order chi connectivity index (χ1) is 17.6. The lowest BCUT2D eigenvalue weighted by Gasteiger charge is -2.31. The third-order valence-corrected chi connectivity index (χ3v) is 6.64. The molecule has 0 unspecified atom stereocenters. The van der Waals surface area contributed by atoms with Crippen LogP contribution in [0.25, 0.3) is 6.08 Å². The second kappa shape index (κ2) is 14.7. The number of fused-ring (bicyclic) bond motifs is 2. The Balaban J connectivity index is 0.000000710. The average Bonchev–Trinajstić information content (AvgIpc) is 3.35. The summed E-state index contributed by atoms with van der Waals surface area (Å²) in [5, 5.41) is 0. The number of hydrogen-bond acceptors (Lipinski definition) is 4. The number of hydrogen-bond donors (Lipinski definition) is 0. The molecule has 3 aliphatic heterocycles.